The molecule has 1 fully saturated rings. The van der Waals surface area contributed by atoms with E-state index in [0.29, 0.717) is 18.1 Å². The van der Waals surface area contributed by atoms with Crippen molar-refractivity contribution in [3.63, 3.8) is 0 Å². The lowest BCUT2D eigenvalue weighted by atomic mass is 9.97. The molecule has 2 aromatic rings. The number of carbonyl (C=O) groups excluding carboxylic acids is 1. The third kappa shape index (κ3) is 3.18. The maximum Gasteiger partial charge on any atom is 0.230 e. The van der Waals surface area contributed by atoms with Crippen LogP contribution in [0.2, 0.25) is 0 Å². The summed E-state index contributed by atoms with van der Waals surface area (Å²) in [6, 6.07) is 1.71. The minimum atomic E-state index is -0.0854. The zero-order valence-corrected chi connectivity index (χ0v) is 11.8. The van der Waals surface area contributed by atoms with Crippen LogP contribution in [0.5, 0.6) is 0 Å². The fraction of sp³-hybridized carbons (Fsp3) is 0.429. The summed E-state index contributed by atoms with van der Waals surface area (Å²) in [6.45, 7) is 3.33. The first-order chi connectivity index (χ1) is 10.2. The van der Waals surface area contributed by atoms with Gasteiger partial charge in [-0.1, -0.05) is 5.16 Å². The van der Waals surface area contributed by atoms with Gasteiger partial charge in [0.05, 0.1) is 12.1 Å². The molecule has 1 aliphatic rings. The molecule has 21 heavy (non-hydrogen) atoms. The largest absolute Gasteiger partial charge is 0.360 e. The van der Waals surface area contributed by atoms with Crippen LogP contribution in [-0.4, -0.2) is 34.1 Å². The van der Waals surface area contributed by atoms with E-state index in [1.807, 2.05) is 0 Å². The van der Waals surface area contributed by atoms with E-state index < -0.39 is 0 Å². The van der Waals surface area contributed by atoms with Crippen molar-refractivity contribution in [1.82, 2.24) is 15.1 Å². The Morgan fingerprint density at radius 2 is 2.38 bits per heavy atom. The number of nitrogens with zero attached hydrogens (tertiary/aromatic N) is 4. The van der Waals surface area contributed by atoms with E-state index >= 15 is 0 Å². The van der Waals surface area contributed by atoms with Crippen LogP contribution in [0.15, 0.2) is 29.2 Å². The van der Waals surface area contributed by atoms with Gasteiger partial charge in [0.15, 0.2) is 5.82 Å². The number of nitrogens with one attached hydrogen (secondary N) is 1. The van der Waals surface area contributed by atoms with E-state index in [1.165, 1.54) is 0 Å². The fourth-order valence-electron chi connectivity index (χ4n) is 2.51. The molecule has 7 nitrogen and oxygen atoms in total. The summed E-state index contributed by atoms with van der Waals surface area (Å²) >= 11 is 0. The molecule has 2 aromatic heterocycles. The second kappa shape index (κ2) is 5.90. The van der Waals surface area contributed by atoms with Crippen LogP contribution in [0.1, 0.15) is 18.6 Å². The highest BCUT2D eigenvalue weighted by Gasteiger charge is 2.27. The van der Waals surface area contributed by atoms with E-state index in [1.54, 1.807) is 31.6 Å². The minimum absolute atomic E-state index is 0.0307. The van der Waals surface area contributed by atoms with Crippen molar-refractivity contribution in [2.45, 2.75) is 19.8 Å². The smallest absolute Gasteiger partial charge is 0.230 e. The summed E-state index contributed by atoms with van der Waals surface area (Å²) < 4.78 is 4.95. The molecule has 1 aliphatic heterocycles. The van der Waals surface area contributed by atoms with Gasteiger partial charge in [-0.3, -0.25) is 9.78 Å². The fourth-order valence-corrected chi connectivity index (χ4v) is 2.51. The van der Waals surface area contributed by atoms with Crippen LogP contribution in [-0.2, 0) is 4.79 Å². The van der Waals surface area contributed by atoms with Crippen LogP contribution in [0.3, 0.4) is 0 Å². The molecule has 0 bridgehead atoms. The lowest BCUT2D eigenvalue weighted by Crippen LogP contribution is -2.41. The van der Waals surface area contributed by atoms with E-state index in [4.69, 9.17) is 4.52 Å². The number of aryl methyl sites for hydroxylation is 1. The topological polar surface area (TPSA) is 84.2 Å². The Morgan fingerprint density at radius 1 is 1.48 bits per heavy atom. The van der Waals surface area contributed by atoms with Gasteiger partial charge in [-0.05, 0) is 19.8 Å². The lowest BCUT2D eigenvalue weighted by molar-refractivity contribution is -0.120. The highest BCUT2D eigenvalue weighted by Crippen LogP contribution is 2.22. The van der Waals surface area contributed by atoms with E-state index in [2.05, 4.69) is 25.3 Å². The molecular formula is C14H17N5O2. The Balaban J connectivity index is 1.64. The Bertz CT molecular complexity index is 613. The summed E-state index contributed by atoms with van der Waals surface area (Å²) in [6.07, 6.45) is 6.84. The van der Waals surface area contributed by atoms with Crippen LogP contribution < -0.4 is 10.2 Å². The first-order valence-corrected chi connectivity index (χ1v) is 6.97. The number of anilines is 2. The predicted molar refractivity (Wildman–Crippen MR) is 76.8 cm³/mol. The van der Waals surface area contributed by atoms with Crippen molar-refractivity contribution in [2.24, 2.45) is 5.92 Å². The average Bonchev–Trinajstić information content (AvgIpc) is 2.93. The summed E-state index contributed by atoms with van der Waals surface area (Å²) in [4.78, 5) is 22.8. The molecule has 3 rings (SSSR count). The summed E-state index contributed by atoms with van der Waals surface area (Å²) in [5.74, 6) is 1.84. The number of rotatable bonds is 3. The van der Waals surface area contributed by atoms with Gasteiger partial charge in [0.1, 0.15) is 11.6 Å². The zero-order valence-electron chi connectivity index (χ0n) is 11.8. The van der Waals surface area contributed by atoms with Crippen molar-refractivity contribution in [3.8, 4) is 0 Å². The molecule has 0 radical (unpaired) electrons. The number of carbonyl (C=O) groups is 1. The quantitative estimate of drug-likeness (QED) is 0.923. The number of amides is 1. The Hall–Kier alpha value is -2.44. The Kier molecular flexibility index (Phi) is 3.81. The van der Waals surface area contributed by atoms with Gasteiger partial charge in [0.25, 0.3) is 0 Å². The van der Waals surface area contributed by atoms with Gasteiger partial charge in [-0.2, -0.15) is 0 Å². The maximum atomic E-state index is 12.3. The second-order valence-electron chi connectivity index (χ2n) is 5.16. The van der Waals surface area contributed by atoms with Crippen LogP contribution in [0.25, 0.3) is 0 Å². The number of piperidine rings is 1. The van der Waals surface area contributed by atoms with Crippen LogP contribution >= 0.6 is 0 Å². The normalized spacial score (nSPS) is 18.5. The monoisotopic (exact) mass is 287 g/mol. The predicted octanol–water partition coefficient (Wildman–Crippen LogP) is 1.63. The molecule has 0 aromatic carbocycles. The summed E-state index contributed by atoms with van der Waals surface area (Å²) in [7, 11) is 0. The van der Waals surface area contributed by atoms with E-state index in [-0.39, 0.29) is 11.8 Å². The highest BCUT2D eigenvalue weighted by molar-refractivity contribution is 5.92. The molecule has 110 valence electrons. The maximum absolute atomic E-state index is 12.3. The van der Waals surface area contributed by atoms with Crippen LogP contribution in [0, 0.1) is 12.8 Å². The summed E-state index contributed by atoms with van der Waals surface area (Å²) in [5.41, 5.74) is 0. The van der Waals surface area contributed by atoms with Gasteiger partial charge in [0.2, 0.25) is 5.91 Å². The van der Waals surface area contributed by atoms with Crippen molar-refractivity contribution in [3.05, 3.63) is 30.4 Å². The van der Waals surface area contributed by atoms with Crippen LogP contribution in [0.4, 0.5) is 11.6 Å². The van der Waals surface area contributed by atoms with Gasteiger partial charge in [-0.25, -0.2) is 4.98 Å². The molecule has 1 saturated heterocycles. The zero-order chi connectivity index (χ0) is 14.7. The lowest BCUT2D eigenvalue weighted by Gasteiger charge is -2.32. The van der Waals surface area contributed by atoms with Gasteiger partial charge < -0.3 is 14.7 Å². The van der Waals surface area contributed by atoms with Gasteiger partial charge in [-0.15, -0.1) is 0 Å². The number of hydrogen-bond donors (Lipinski definition) is 1. The number of aromatic nitrogens is 3. The highest BCUT2D eigenvalue weighted by atomic mass is 16.5. The SMILES string of the molecule is Cc1cc(NC(=O)C2CCCN(c3cnccn3)C2)no1. The molecule has 1 atom stereocenters. The first-order valence-electron chi connectivity index (χ1n) is 6.97. The van der Waals surface area contributed by atoms with Gasteiger partial charge in [0, 0.05) is 31.5 Å². The molecule has 0 aliphatic carbocycles. The molecule has 0 saturated carbocycles. The molecule has 7 heteroatoms. The summed E-state index contributed by atoms with van der Waals surface area (Å²) in [5, 5.41) is 6.58. The third-order valence-corrected chi connectivity index (χ3v) is 3.54. The van der Waals surface area contributed by atoms with E-state index in [9.17, 15) is 4.79 Å². The molecule has 3 heterocycles. The second-order valence-corrected chi connectivity index (χ2v) is 5.16. The number of hydrogen-bond acceptors (Lipinski definition) is 6. The van der Waals surface area contributed by atoms with Crippen molar-refractivity contribution < 1.29 is 9.32 Å². The molecule has 0 spiro atoms. The Morgan fingerprint density at radius 3 is 3.10 bits per heavy atom. The molecule has 1 unspecified atom stereocenters. The molecule has 1 amide bonds. The van der Waals surface area contributed by atoms with Crippen molar-refractivity contribution in [2.75, 3.05) is 23.3 Å². The van der Waals surface area contributed by atoms with E-state index in [0.717, 1.165) is 25.2 Å². The standard InChI is InChI=1S/C14H17N5O2/c1-10-7-12(18-21-10)17-14(20)11-3-2-6-19(9-11)13-8-15-4-5-16-13/h4-5,7-8,11H,2-3,6,9H2,1H3,(H,17,18,20). The molecule has 1 N–H and O–H groups in total. The Labute approximate surface area is 122 Å². The first kappa shape index (κ1) is 13.5. The van der Waals surface area contributed by atoms with Crippen molar-refractivity contribution >= 4 is 17.5 Å². The molecular weight excluding hydrogens is 270 g/mol. The van der Waals surface area contributed by atoms with Crippen molar-refractivity contribution in [1.29, 1.82) is 0 Å². The average molecular weight is 287 g/mol. The van der Waals surface area contributed by atoms with Gasteiger partial charge >= 0.3 is 0 Å². The third-order valence-electron chi connectivity index (χ3n) is 3.54. The minimum Gasteiger partial charge on any atom is -0.360 e.